The lowest BCUT2D eigenvalue weighted by Gasteiger charge is -2.11. The van der Waals surface area contributed by atoms with Gasteiger partial charge in [-0.2, -0.15) is 0 Å². The smallest absolute Gasteiger partial charge is 0.418 e. The minimum atomic E-state index is -1.62. The predicted octanol–water partition coefficient (Wildman–Crippen LogP) is 1.72. The summed E-state index contributed by atoms with van der Waals surface area (Å²) in [6.45, 7) is 0. The van der Waals surface area contributed by atoms with Gasteiger partial charge in [0.1, 0.15) is 0 Å². The Morgan fingerprint density at radius 3 is 2.23 bits per heavy atom. The van der Waals surface area contributed by atoms with Gasteiger partial charge < -0.3 is 9.05 Å². The molecule has 3 rings (SSSR count). The first-order valence-electron chi connectivity index (χ1n) is 6.24. The number of hydrogen-bond donors (Lipinski definition) is 3. The van der Waals surface area contributed by atoms with E-state index in [-0.39, 0.29) is 0 Å². The van der Waals surface area contributed by atoms with Crippen molar-refractivity contribution in [1.29, 1.82) is 0 Å². The highest BCUT2D eigenvalue weighted by Gasteiger charge is 2.28. The molecule has 1 aromatic carbocycles. The zero-order chi connectivity index (χ0) is 15.4. The lowest BCUT2D eigenvalue weighted by molar-refractivity contribution is 0.0936. The van der Waals surface area contributed by atoms with Crippen molar-refractivity contribution in [3.05, 3.63) is 54.4 Å². The maximum atomic E-state index is 11.7. The minimum absolute atomic E-state index is 0.377. The first kappa shape index (κ1) is 14.1. The summed E-state index contributed by atoms with van der Waals surface area (Å²) in [4.78, 5) is 27.2. The van der Waals surface area contributed by atoms with Gasteiger partial charge in [0.25, 0.3) is 5.91 Å². The molecule has 2 heterocycles. The second-order valence-electron chi connectivity index (χ2n) is 4.14. The van der Waals surface area contributed by atoms with E-state index in [2.05, 4.69) is 20.9 Å². The Kier molecular flexibility index (Phi) is 4.02. The van der Waals surface area contributed by atoms with Gasteiger partial charge in [-0.25, -0.2) is 15.3 Å². The van der Waals surface area contributed by atoms with Crippen molar-refractivity contribution in [3.63, 3.8) is 0 Å². The molecule has 0 bridgehead atoms. The largest absolute Gasteiger partial charge is 0.419 e. The Morgan fingerprint density at radius 1 is 0.955 bits per heavy atom. The van der Waals surface area contributed by atoms with E-state index >= 15 is 0 Å². The number of amides is 3. The molecule has 2 aromatic rings. The predicted molar refractivity (Wildman–Crippen MR) is 78.0 cm³/mol. The van der Waals surface area contributed by atoms with Crippen LogP contribution in [0.1, 0.15) is 10.4 Å². The number of carbonyl (C=O) groups is 2. The van der Waals surface area contributed by atoms with Gasteiger partial charge >= 0.3 is 14.6 Å². The standard InChI is InChI=1S/C13H11N4O4P/c18-12(9-5-7-14-8-6-9)15-16-13(19)17-22-20-10-3-1-2-4-11(10)21-22/h1-8H,(H,15,18)(H2,16,17,19). The van der Waals surface area contributed by atoms with Gasteiger partial charge in [0.05, 0.1) is 0 Å². The summed E-state index contributed by atoms with van der Waals surface area (Å²) in [7, 11) is -1.62. The molecule has 0 saturated heterocycles. The molecule has 0 unspecified atom stereocenters. The van der Waals surface area contributed by atoms with Gasteiger partial charge in [-0.05, 0) is 24.3 Å². The number of benzene rings is 1. The number of nitrogens with zero attached hydrogens (tertiary/aromatic N) is 1. The van der Waals surface area contributed by atoms with Gasteiger partial charge in [0.2, 0.25) is 0 Å². The Labute approximate surface area is 126 Å². The van der Waals surface area contributed by atoms with E-state index in [1.165, 1.54) is 24.5 Å². The lowest BCUT2D eigenvalue weighted by atomic mass is 10.3. The summed E-state index contributed by atoms with van der Waals surface area (Å²) in [5.74, 6) is 0.673. The monoisotopic (exact) mass is 318 g/mol. The first-order valence-corrected chi connectivity index (χ1v) is 7.42. The fourth-order valence-corrected chi connectivity index (χ4v) is 2.65. The maximum Gasteiger partial charge on any atom is 0.418 e. The molecule has 1 aromatic heterocycles. The normalized spacial score (nSPS) is 12.5. The highest BCUT2D eigenvalue weighted by Crippen LogP contribution is 2.49. The fourth-order valence-electron chi connectivity index (χ4n) is 1.64. The highest BCUT2D eigenvalue weighted by molar-refractivity contribution is 7.47. The van der Waals surface area contributed by atoms with Gasteiger partial charge in [0.15, 0.2) is 11.5 Å². The molecule has 0 spiro atoms. The number of fused-ring (bicyclic) bond motifs is 1. The average Bonchev–Trinajstić information content (AvgIpc) is 2.95. The maximum absolute atomic E-state index is 11.7. The second-order valence-corrected chi connectivity index (χ2v) is 5.25. The molecule has 22 heavy (non-hydrogen) atoms. The first-order chi connectivity index (χ1) is 10.7. The minimum Gasteiger partial charge on any atom is -0.419 e. The summed E-state index contributed by atoms with van der Waals surface area (Å²) >= 11 is 0. The highest BCUT2D eigenvalue weighted by atomic mass is 31.2. The molecule has 0 aliphatic carbocycles. The van der Waals surface area contributed by atoms with Gasteiger partial charge in [-0.1, -0.05) is 12.1 Å². The molecule has 1 aliphatic heterocycles. The average molecular weight is 318 g/mol. The molecule has 1 aliphatic rings. The third-order valence-corrected chi connectivity index (χ3v) is 3.75. The molecular weight excluding hydrogens is 307 g/mol. The van der Waals surface area contributed by atoms with Crippen molar-refractivity contribution in [2.75, 3.05) is 0 Å². The van der Waals surface area contributed by atoms with Crippen LogP contribution in [0.3, 0.4) is 0 Å². The van der Waals surface area contributed by atoms with Crippen molar-refractivity contribution >= 4 is 20.5 Å². The second kappa shape index (κ2) is 6.28. The number of nitrogens with one attached hydrogen (secondary N) is 3. The summed E-state index contributed by atoms with van der Waals surface area (Å²) in [6.07, 6.45) is 2.96. The summed E-state index contributed by atoms with van der Waals surface area (Å²) < 4.78 is 10.8. The summed E-state index contributed by atoms with van der Waals surface area (Å²) in [6, 6.07) is 9.50. The molecule has 112 valence electrons. The Morgan fingerprint density at radius 2 is 1.59 bits per heavy atom. The van der Waals surface area contributed by atoms with E-state index in [0.717, 1.165) is 0 Å². The number of para-hydroxylation sites is 2. The van der Waals surface area contributed by atoms with Crippen molar-refractivity contribution < 1.29 is 18.6 Å². The number of aromatic nitrogens is 1. The van der Waals surface area contributed by atoms with Gasteiger partial charge in [0, 0.05) is 18.0 Å². The van der Waals surface area contributed by atoms with Crippen LogP contribution in [0.25, 0.3) is 0 Å². The van der Waals surface area contributed by atoms with Crippen molar-refractivity contribution in [3.8, 4) is 11.5 Å². The zero-order valence-electron chi connectivity index (χ0n) is 11.1. The number of urea groups is 1. The quantitative estimate of drug-likeness (QED) is 0.578. The van der Waals surface area contributed by atoms with Crippen molar-refractivity contribution in [1.82, 2.24) is 20.9 Å². The topological polar surface area (TPSA) is 102 Å². The lowest BCUT2D eigenvalue weighted by Crippen LogP contribution is -2.45. The van der Waals surface area contributed by atoms with Gasteiger partial charge in [-0.3, -0.25) is 15.2 Å². The SMILES string of the molecule is O=C(NNC(=O)c1ccncc1)NP1Oc2ccccc2O1. The molecule has 3 amide bonds. The van der Waals surface area contributed by atoms with Crippen LogP contribution in [0.15, 0.2) is 48.8 Å². The van der Waals surface area contributed by atoms with Crippen molar-refractivity contribution in [2.24, 2.45) is 0 Å². The Balaban J connectivity index is 1.47. The molecular formula is C13H11N4O4P. The van der Waals surface area contributed by atoms with E-state index in [0.29, 0.717) is 17.1 Å². The number of carbonyl (C=O) groups excluding carboxylic acids is 2. The zero-order valence-corrected chi connectivity index (χ0v) is 12.0. The molecule has 8 nitrogen and oxygen atoms in total. The van der Waals surface area contributed by atoms with Crippen LogP contribution < -0.4 is 25.0 Å². The third kappa shape index (κ3) is 3.24. The van der Waals surface area contributed by atoms with E-state index < -0.39 is 20.5 Å². The molecule has 0 fully saturated rings. The third-order valence-electron chi connectivity index (χ3n) is 2.64. The van der Waals surface area contributed by atoms with Crippen LogP contribution in [-0.2, 0) is 0 Å². The number of hydrazine groups is 1. The molecule has 0 saturated carbocycles. The molecule has 0 atom stereocenters. The molecule has 0 radical (unpaired) electrons. The van der Waals surface area contributed by atoms with E-state index in [4.69, 9.17) is 9.05 Å². The van der Waals surface area contributed by atoms with Crippen LogP contribution >= 0.6 is 8.53 Å². The Bertz CT molecular complexity index is 672. The summed E-state index contributed by atoms with van der Waals surface area (Å²) in [5.41, 5.74) is 4.86. The van der Waals surface area contributed by atoms with Crippen LogP contribution in [-0.4, -0.2) is 16.9 Å². The van der Waals surface area contributed by atoms with Crippen LogP contribution in [0.2, 0.25) is 0 Å². The van der Waals surface area contributed by atoms with Crippen LogP contribution in [0.4, 0.5) is 4.79 Å². The van der Waals surface area contributed by atoms with Crippen molar-refractivity contribution in [2.45, 2.75) is 0 Å². The van der Waals surface area contributed by atoms with Crippen LogP contribution in [0.5, 0.6) is 11.5 Å². The summed E-state index contributed by atoms with van der Waals surface area (Å²) in [5, 5.41) is 2.48. The number of pyridine rings is 1. The van der Waals surface area contributed by atoms with E-state index in [9.17, 15) is 9.59 Å². The fraction of sp³-hybridized carbons (Fsp3) is 0. The van der Waals surface area contributed by atoms with Crippen LogP contribution in [0, 0.1) is 0 Å². The number of hydrogen-bond acceptors (Lipinski definition) is 5. The Hall–Kier alpha value is -2.86. The van der Waals surface area contributed by atoms with E-state index in [1.54, 1.807) is 24.3 Å². The molecule has 9 heteroatoms. The van der Waals surface area contributed by atoms with Gasteiger partial charge in [-0.15, -0.1) is 0 Å². The van der Waals surface area contributed by atoms with E-state index in [1.807, 2.05) is 0 Å². The molecule has 3 N–H and O–H groups in total. The number of rotatable bonds is 2.